The number of aromatic carboxylic acids is 1. The monoisotopic (exact) mass is 771 g/mol. The molecule has 7 rings (SSSR count). The lowest BCUT2D eigenvalue weighted by molar-refractivity contribution is -0.176. The van der Waals surface area contributed by atoms with E-state index in [1.807, 2.05) is 18.9 Å². The molecule has 5 unspecified atom stereocenters. The predicted molar refractivity (Wildman–Crippen MR) is 227 cm³/mol. The number of likely N-dealkylation sites (tertiary alicyclic amines) is 1. The smallest absolute Gasteiger partial charge is 0.335 e. The molecule has 0 bridgehead atoms. The van der Waals surface area contributed by atoms with Crippen molar-refractivity contribution >= 4 is 30.2 Å². The van der Waals surface area contributed by atoms with Crippen LogP contribution in [0.25, 0.3) is 5.57 Å². The minimum Gasteiger partial charge on any atom is -0.480 e. The fraction of sp³-hybridized carbons (Fsp3) is 0.625. The van der Waals surface area contributed by atoms with Crippen molar-refractivity contribution in [3.63, 3.8) is 0 Å². The molecule has 0 radical (unpaired) electrons. The number of fused-ring (bicyclic) bond motifs is 7. The van der Waals surface area contributed by atoms with Gasteiger partial charge in [0.1, 0.15) is 12.8 Å². The van der Waals surface area contributed by atoms with Crippen molar-refractivity contribution in [3.05, 3.63) is 54.6 Å². The summed E-state index contributed by atoms with van der Waals surface area (Å²) in [4.78, 5) is 42.8. The Balaban J connectivity index is 0.000000433. The molecule has 1 amide bonds. The van der Waals surface area contributed by atoms with Crippen molar-refractivity contribution in [2.24, 2.45) is 57.0 Å². The molecule has 1 aromatic carbocycles. The normalized spacial score (nSPS) is 34.0. The maximum Gasteiger partial charge on any atom is 0.335 e. The van der Waals surface area contributed by atoms with E-state index in [-0.39, 0.29) is 24.3 Å². The van der Waals surface area contributed by atoms with Crippen molar-refractivity contribution < 1.29 is 29.4 Å². The molecule has 1 aliphatic heterocycles. The Labute approximate surface area is 338 Å². The van der Waals surface area contributed by atoms with Crippen LogP contribution in [0.15, 0.2) is 43.5 Å². The second kappa shape index (κ2) is 20.3. The molecule has 5 fully saturated rings. The van der Waals surface area contributed by atoms with E-state index in [0.29, 0.717) is 40.7 Å². The summed E-state index contributed by atoms with van der Waals surface area (Å²) in [7, 11) is 0. The van der Waals surface area contributed by atoms with Gasteiger partial charge in [0.05, 0.1) is 5.56 Å². The summed E-state index contributed by atoms with van der Waals surface area (Å²) in [6, 6.07) is 7.01. The van der Waals surface area contributed by atoms with Gasteiger partial charge in [-0.1, -0.05) is 59.2 Å². The van der Waals surface area contributed by atoms with Gasteiger partial charge >= 0.3 is 11.9 Å². The fourth-order valence-corrected chi connectivity index (χ4v) is 13.0. The molecule has 4 N–H and O–H groups in total. The first-order valence-electron chi connectivity index (χ1n) is 20.4. The molecule has 8 heteroatoms. The van der Waals surface area contributed by atoms with Crippen LogP contribution in [-0.4, -0.2) is 58.9 Å². The van der Waals surface area contributed by atoms with Gasteiger partial charge in [0.25, 0.3) is 0 Å². The Hall–Kier alpha value is -4.14. The maximum atomic E-state index is 11.4. The van der Waals surface area contributed by atoms with E-state index in [2.05, 4.69) is 79.5 Å². The zero-order chi connectivity index (χ0) is 42.6. The van der Waals surface area contributed by atoms with E-state index in [9.17, 15) is 19.5 Å². The van der Waals surface area contributed by atoms with Gasteiger partial charge in [-0.05, 0) is 145 Å². The number of nitrogens with zero attached hydrogens (tertiary/aromatic N) is 1. The number of aliphatic carboxylic acids is 1. The number of carbonyl (C=O) groups excluding carboxylic acids is 2. The average molecular weight is 771 g/mol. The molecule has 0 aromatic heterocycles. The Morgan fingerprint density at radius 3 is 1.98 bits per heavy atom. The topological polar surface area (TPSA) is 138 Å². The first kappa shape index (κ1) is 48.0. The highest BCUT2D eigenvalue weighted by Crippen LogP contribution is 2.73. The zero-order valence-corrected chi connectivity index (χ0v) is 34.9. The van der Waals surface area contributed by atoms with Gasteiger partial charge < -0.3 is 25.6 Å². The first-order chi connectivity index (χ1) is 26.7. The van der Waals surface area contributed by atoms with Crippen molar-refractivity contribution in [2.45, 2.75) is 124 Å². The minimum atomic E-state index is -0.914. The molecule has 56 heavy (non-hydrogen) atoms. The van der Waals surface area contributed by atoms with Crippen LogP contribution in [-0.2, 0) is 14.4 Å². The number of amides is 1. The summed E-state index contributed by atoms with van der Waals surface area (Å²) in [6.45, 7) is 21.8. The van der Waals surface area contributed by atoms with Gasteiger partial charge in [0, 0.05) is 19.5 Å². The van der Waals surface area contributed by atoms with Crippen molar-refractivity contribution in [1.82, 2.24) is 4.90 Å². The van der Waals surface area contributed by atoms with Crippen LogP contribution in [0.2, 0.25) is 0 Å². The number of terminal acetylenes is 2. The molecule has 9 atom stereocenters. The second-order valence-electron chi connectivity index (χ2n) is 17.7. The van der Waals surface area contributed by atoms with Crippen LogP contribution < -0.4 is 5.73 Å². The van der Waals surface area contributed by atoms with E-state index in [4.69, 9.17) is 15.6 Å². The molecule has 6 aliphatic rings. The Bertz CT molecular complexity index is 1550. The lowest BCUT2D eigenvalue weighted by Crippen LogP contribution is -2.60. The molecule has 5 aliphatic carbocycles. The summed E-state index contributed by atoms with van der Waals surface area (Å²) in [5.74, 6) is 2.52. The van der Waals surface area contributed by atoms with E-state index in [1.165, 1.54) is 80.2 Å². The third-order valence-corrected chi connectivity index (χ3v) is 15.2. The molecule has 1 aromatic rings. The molecule has 308 valence electrons. The predicted octanol–water partition coefficient (Wildman–Crippen LogP) is 9.39. The summed E-state index contributed by atoms with van der Waals surface area (Å²) in [5.41, 5.74) is 9.87. The number of carbonyl (C=O) groups is 4. The highest BCUT2D eigenvalue weighted by atomic mass is 16.4. The number of allylic oxidation sites excluding steroid dienone is 2. The summed E-state index contributed by atoms with van der Waals surface area (Å²) >= 11 is 0. The highest BCUT2D eigenvalue weighted by molar-refractivity contribution is 5.88. The van der Waals surface area contributed by atoms with Gasteiger partial charge in [-0.3, -0.25) is 4.79 Å². The fourth-order valence-electron chi connectivity index (χ4n) is 13.0. The van der Waals surface area contributed by atoms with Crippen LogP contribution in [0.3, 0.4) is 0 Å². The first-order valence-corrected chi connectivity index (χ1v) is 20.4. The Morgan fingerprint density at radius 2 is 1.41 bits per heavy atom. The van der Waals surface area contributed by atoms with Crippen LogP contribution in [0.1, 0.15) is 134 Å². The van der Waals surface area contributed by atoms with Crippen molar-refractivity contribution in [3.8, 4) is 25.7 Å². The number of carboxylic acid groups (broad SMARTS) is 2. The van der Waals surface area contributed by atoms with E-state index in [1.54, 1.807) is 12.1 Å². The van der Waals surface area contributed by atoms with Gasteiger partial charge in [-0.2, -0.15) is 0 Å². The van der Waals surface area contributed by atoms with Gasteiger partial charge in [-0.15, -0.1) is 38.9 Å². The summed E-state index contributed by atoms with van der Waals surface area (Å²) < 4.78 is 0. The number of benzene rings is 1. The quantitative estimate of drug-likeness (QED) is 0.200. The third-order valence-electron chi connectivity index (χ3n) is 15.2. The highest BCUT2D eigenvalue weighted by Gasteiger charge is 2.64. The lowest BCUT2D eigenvalue weighted by Gasteiger charge is -2.68. The molecule has 8 nitrogen and oxygen atoms in total. The minimum absolute atomic E-state index is 0.104. The second-order valence-corrected chi connectivity index (χ2v) is 17.7. The lowest BCUT2D eigenvalue weighted by atomic mass is 9.36. The zero-order valence-electron chi connectivity index (χ0n) is 34.9. The molecular weight excluding hydrogens is 701 g/mol. The Morgan fingerprint density at radius 1 is 0.786 bits per heavy atom. The van der Waals surface area contributed by atoms with Crippen molar-refractivity contribution in [1.29, 1.82) is 0 Å². The maximum absolute atomic E-state index is 11.4. The van der Waals surface area contributed by atoms with E-state index < -0.39 is 18.0 Å². The molecule has 4 saturated carbocycles. The van der Waals surface area contributed by atoms with E-state index in [0.717, 1.165) is 30.1 Å². The van der Waals surface area contributed by atoms with Crippen molar-refractivity contribution in [2.75, 3.05) is 13.1 Å². The number of nitrogens with two attached hydrogens (primary N) is 1. The van der Waals surface area contributed by atoms with Crippen LogP contribution >= 0.6 is 0 Å². The number of carboxylic acids is 2. The largest absolute Gasteiger partial charge is 0.480 e. The molecule has 0 spiro atoms. The number of hydrogen-bond acceptors (Lipinski definition) is 5. The number of hydrogen-bond donors (Lipinski definition) is 3. The summed E-state index contributed by atoms with van der Waals surface area (Å²) in [5, 5.41) is 18.1. The van der Waals surface area contributed by atoms with Crippen LogP contribution in [0.4, 0.5) is 0 Å². The van der Waals surface area contributed by atoms with E-state index >= 15 is 0 Å². The third kappa shape index (κ3) is 9.02. The Kier molecular flexibility index (Phi) is 17.4. The molecule has 1 saturated heterocycles. The van der Waals surface area contributed by atoms with Crippen LogP contribution in [0, 0.1) is 76.9 Å². The molecule has 1 heterocycles. The van der Waals surface area contributed by atoms with Gasteiger partial charge in [-0.25, -0.2) is 9.59 Å². The molecular formula is C48H70N2O6. The average Bonchev–Trinajstić information content (AvgIpc) is 3.86. The van der Waals surface area contributed by atoms with Crippen LogP contribution in [0.5, 0.6) is 0 Å². The number of rotatable bonds is 5. The van der Waals surface area contributed by atoms with Gasteiger partial charge in [0.2, 0.25) is 5.91 Å². The summed E-state index contributed by atoms with van der Waals surface area (Å²) in [6.07, 6.45) is 34.4. The SMILES string of the molecule is C#C.C#C.C=C.C=O.CC1(C)C(c2ccc(C(=O)O)cc2)=CC[C@@]2(C)C1CC[C@@]1(C)C3CC[C@@]4(C)CCCC4[C@H]3CCC12.NCCC(=O)N1CCCC1C(=O)O. The standard InChI is InChI=1S/C33H46O2.C8H14N2O3.C2H4.2C2H2.CH2O/c1-30(2)24(21-8-10-22(11-9-21)29(34)35)15-19-33(5)27(30)16-20-32(4)26-14-18-31(3)17-6-7-25(31)23(26)12-13-28(32)33;9-4-3-7(11)10-5-1-2-6(10)8(12)13;4*1-2/h8-11,15,23,25-28H,6-7,12-14,16-20H2,1-5H3,(H,34,35);6H,1-5,9H2,(H,12,13);1-2H2;2*1-2H;1H2/t23-,25?,26?,27?,28?,31-,32+,33+;;;;;/m1...../s1. The van der Waals surface area contributed by atoms with Gasteiger partial charge in [0.15, 0.2) is 0 Å².